The second-order valence-corrected chi connectivity index (χ2v) is 6.10. The molecular weight excluding hydrogens is 260 g/mol. The van der Waals surface area contributed by atoms with Crippen molar-refractivity contribution in [1.82, 2.24) is 14.3 Å². The number of aromatic amines is 2. The molecule has 2 rings (SSSR count). The van der Waals surface area contributed by atoms with Crippen molar-refractivity contribution < 1.29 is 8.42 Å². The predicted molar refractivity (Wildman–Crippen MR) is 63.6 cm³/mol. The van der Waals surface area contributed by atoms with Gasteiger partial charge in [0.2, 0.25) is 10.0 Å². The maximum Gasteiger partial charge on any atom is 0.325 e. The smallest absolute Gasteiger partial charge is 0.325 e. The summed E-state index contributed by atoms with van der Waals surface area (Å²) in [6.45, 7) is 1.05. The Hall–Kier alpha value is -1.45. The van der Waals surface area contributed by atoms with Crippen LogP contribution in [0.1, 0.15) is 6.42 Å². The van der Waals surface area contributed by atoms with Crippen molar-refractivity contribution in [2.45, 2.75) is 11.3 Å². The van der Waals surface area contributed by atoms with Crippen LogP contribution in [0.2, 0.25) is 0 Å². The van der Waals surface area contributed by atoms with Gasteiger partial charge in [-0.1, -0.05) is 0 Å². The molecule has 9 heteroatoms. The van der Waals surface area contributed by atoms with Crippen LogP contribution in [-0.4, -0.2) is 42.3 Å². The second-order valence-electron chi connectivity index (χ2n) is 4.19. The lowest BCUT2D eigenvalue weighted by Gasteiger charge is -2.15. The molecule has 8 nitrogen and oxygen atoms in total. The zero-order valence-corrected chi connectivity index (χ0v) is 10.4. The van der Waals surface area contributed by atoms with Crippen LogP contribution in [0, 0.1) is 5.92 Å². The van der Waals surface area contributed by atoms with Gasteiger partial charge < -0.3 is 10.7 Å². The number of nitrogens with two attached hydrogens (primary N) is 1. The minimum atomic E-state index is -3.87. The molecule has 0 aromatic carbocycles. The van der Waals surface area contributed by atoms with E-state index in [-0.39, 0.29) is 5.92 Å². The van der Waals surface area contributed by atoms with Gasteiger partial charge >= 0.3 is 5.69 Å². The van der Waals surface area contributed by atoms with E-state index in [9.17, 15) is 18.0 Å². The highest BCUT2D eigenvalue weighted by atomic mass is 32.2. The fraction of sp³-hybridized carbons (Fsp3) is 0.556. The second kappa shape index (κ2) is 4.67. The highest BCUT2D eigenvalue weighted by Gasteiger charge is 2.33. The monoisotopic (exact) mass is 274 g/mol. The van der Waals surface area contributed by atoms with Crippen LogP contribution in [0.3, 0.4) is 0 Å². The van der Waals surface area contributed by atoms with Gasteiger partial charge in [0, 0.05) is 19.3 Å². The molecule has 1 aliphatic rings. The fourth-order valence-corrected chi connectivity index (χ4v) is 3.46. The molecule has 0 aliphatic carbocycles. The summed E-state index contributed by atoms with van der Waals surface area (Å²) in [4.78, 5) is 25.9. The predicted octanol–water partition coefficient (Wildman–Crippen LogP) is -1.97. The van der Waals surface area contributed by atoms with E-state index in [1.165, 1.54) is 4.31 Å². The van der Waals surface area contributed by atoms with E-state index < -0.39 is 26.2 Å². The number of aromatic nitrogens is 2. The summed E-state index contributed by atoms with van der Waals surface area (Å²) in [5, 5.41) is 0. The third-order valence-electron chi connectivity index (χ3n) is 2.98. The van der Waals surface area contributed by atoms with Gasteiger partial charge in [-0.3, -0.25) is 9.78 Å². The highest BCUT2D eigenvalue weighted by molar-refractivity contribution is 7.89. The number of hydrogen-bond acceptors (Lipinski definition) is 5. The van der Waals surface area contributed by atoms with Gasteiger partial charge in [-0.05, 0) is 18.9 Å². The molecule has 4 N–H and O–H groups in total. The summed E-state index contributed by atoms with van der Waals surface area (Å²) in [6, 6.07) is 0. The lowest BCUT2D eigenvalue weighted by molar-refractivity contribution is 0.457. The lowest BCUT2D eigenvalue weighted by atomic mass is 10.1. The molecular formula is C9H14N4O4S. The number of H-pyrrole nitrogens is 2. The Balaban J connectivity index is 2.37. The van der Waals surface area contributed by atoms with Crippen LogP contribution in [0.5, 0.6) is 0 Å². The van der Waals surface area contributed by atoms with Crippen molar-refractivity contribution >= 4 is 10.0 Å². The third kappa shape index (κ3) is 2.24. The zero-order valence-electron chi connectivity index (χ0n) is 9.55. The Kier molecular flexibility index (Phi) is 3.37. The Morgan fingerprint density at radius 1 is 1.44 bits per heavy atom. The Labute approximate surface area is 103 Å². The van der Waals surface area contributed by atoms with Crippen LogP contribution in [0.15, 0.2) is 20.7 Å². The number of sulfonamides is 1. The molecule has 1 atom stereocenters. The van der Waals surface area contributed by atoms with Gasteiger partial charge in [-0.2, -0.15) is 4.31 Å². The molecule has 1 aromatic rings. The number of hydrogen-bond donors (Lipinski definition) is 3. The first-order chi connectivity index (χ1) is 8.45. The molecule has 0 radical (unpaired) electrons. The number of rotatable bonds is 3. The normalized spacial score (nSPS) is 21.3. The molecule has 0 spiro atoms. The highest BCUT2D eigenvalue weighted by Crippen LogP contribution is 2.21. The van der Waals surface area contributed by atoms with Crippen LogP contribution in [0.4, 0.5) is 0 Å². The summed E-state index contributed by atoms with van der Waals surface area (Å²) in [5.74, 6) is 0.113. The van der Waals surface area contributed by atoms with Gasteiger partial charge in [0.15, 0.2) is 4.90 Å². The van der Waals surface area contributed by atoms with Crippen molar-refractivity contribution in [1.29, 1.82) is 0 Å². The molecule has 0 amide bonds. The van der Waals surface area contributed by atoms with Crippen LogP contribution >= 0.6 is 0 Å². The summed E-state index contributed by atoms with van der Waals surface area (Å²) < 4.78 is 25.6. The largest absolute Gasteiger partial charge is 0.330 e. The van der Waals surface area contributed by atoms with E-state index in [0.29, 0.717) is 26.1 Å². The van der Waals surface area contributed by atoms with Gasteiger partial charge in [-0.25, -0.2) is 13.2 Å². The minimum absolute atomic E-state index is 0.113. The molecule has 0 saturated carbocycles. The Bertz CT molecular complexity index is 647. The van der Waals surface area contributed by atoms with Crippen molar-refractivity contribution in [3.63, 3.8) is 0 Å². The van der Waals surface area contributed by atoms with Crippen LogP contribution < -0.4 is 17.0 Å². The standard InChI is InChI=1S/C9H14N4O4S/c10-3-6-1-2-13(5-6)18(16,17)7-4-11-9(15)12-8(7)14/h4,6H,1-3,5,10H2,(H2,11,12,14,15). The number of nitrogens with zero attached hydrogens (tertiary/aromatic N) is 1. The minimum Gasteiger partial charge on any atom is -0.330 e. The summed E-state index contributed by atoms with van der Waals surface area (Å²) in [6.07, 6.45) is 1.60. The average Bonchev–Trinajstić information content (AvgIpc) is 2.77. The SMILES string of the molecule is NCC1CCN(S(=O)(=O)c2c[nH]c(=O)[nH]c2=O)C1. The molecule has 100 valence electrons. The first-order valence-corrected chi connectivity index (χ1v) is 6.91. The maximum absolute atomic E-state index is 12.2. The molecule has 2 heterocycles. The van der Waals surface area contributed by atoms with Gasteiger partial charge in [0.1, 0.15) is 0 Å². The van der Waals surface area contributed by atoms with E-state index in [0.717, 1.165) is 6.20 Å². The van der Waals surface area contributed by atoms with E-state index in [1.54, 1.807) is 0 Å². The molecule has 1 unspecified atom stereocenters. The van der Waals surface area contributed by atoms with Crippen molar-refractivity contribution in [3.05, 3.63) is 27.0 Å². The first-order valence-electron chi connectivity index (χ1n) is 5.47. The first kappa shape index (κ1) is 13.0. The molecule has 0 bridgehead atoms. The Morgan fingerprint density at radius 2 is 2.17 bits per heavy atom. The summed E-state index contributed by atoms with van der Waals surface area (Å²) in [7, 11) is -3.87. The van der Waals surface area contributed by atoms with Gasteiger partial charge in [-0.15, -0.1) is 0 Å². The van der Waals surface area contributed by atoms with Crippen molar-refractivity contribution in [2.24, 2.45) is 11.7 Å². The van der Waals surface area contributed by atoms with Gasteiger partial charge in [0.05, 0.1) is 0 Å². The molecule has 1 aliphatic heterocycles. The summed E-state index contributed by atoms with van der Waals surface area (Å²) >= 11 is 0. The molecule has 18 heavy (non-hydrogen) atoms. The molecule has 1 fully saturated rings. The quantitative estimate of drug-likeness (QED) is 0.589. The fourth-order valence-electron chi connectivity index (χ4n) is 1.94. The lowest BCUT2D eigenvalue weighted by Crippen LogP contribution is -2.35. The zero-order chi connectivity index (χ0) is 13.3. The number of nitrogens with one attached hydrogen (secondary N) is 2. The molecule has 1 aromatic heterocycles. The summed E-state index contributed by atoms with van der Waals surface area (Å²) in [5.41, 5.74) is 3.85. The van der Waals surface area contributed by atoms with E-state index in [1.807, 2.05) is 4.98 Å². The average molecular weight is 274 g/mol. The van der Waals surface area contributed by atoms with Crippen LogP contribution in [-0.2, 0) is 10.0 Å². The van der Waals surface area contributed by atoms with Gasteiger partial charge in [0.25, 0.3) is 5.56 Å². The topological polar surface area (TPSA) is 129 Å². The van der Waals surface area contributed by atoms with E-state index in [2.05, 4.69) is 4.98 Å². The van der Waals surface area contributed by atoms with E-state index >= 15 is 0 Å². The van der Waals surface area contributed by atoms with Crippen molar-refractivity contribution in [3.8, 4) is 0 Å². The van der Waals surface area contributed by atoms with Crippen molar-refractivity contribution in [2.75, 3.05) is 19.6 Å². The Morgan fingerprint density at radius 3 is 2.72 bits per heavy atom. The van der Waals surface area contributed by atoms with E-state index in [4.69, 9.17) is 5.73 Å². The van der Waals surface area contributed by atoms with Crippen LogP contribution in [0.25, 0.3) is 0 Å². The molecule has 1 saturated heterocycles. The third-order valence-corrected chi connectivity index (χ3v) is 4.86. The maximum atomic E-state index is 12.2.